The van der Waals surface area contributed by atoms with E-state index in [9.17, 15) is 8.42 Å². The summed E-state index contributed by atoms with van der Waals surface area (Å²) in [5.41, 5.74) is 5.77. The van der Waals surface area contributed by atoms with Crippen LogP contribution < -0.4 is 5.73 Å². The van der Waals surface area contributed by atoms with E-state index in [-0.39, 0.29) is 28.4 Å². The first-order chi connectivity index (χ1) is 8.41. The number of rotatable bonds is 2. The minimum absolute atomic E-state index is 0. The number of sulfonamides is 1. The molecule has 1 aliphatic rings. The van der Waals surface area contributed by atoms with Crippen LogP contribution in [0.15, 0.2) is 27.6 Å². The van der Waals surface area contributed by atoms with Crippen LogP contribution in [0.5, 0.6) is 0 Å². The van der Waals surface area contributed by atoms with Crippen molar-refractivity contribution in [2.45, 2.75) is 23.8 Å². The molecule has 0 bridgehead atoms. The van der Waals surface area contributed by atoms with Crippen molar-refractivity contribution >= 4 is 50.0 Å². The topological polar surface area (TPSA) is 63.4 Å². The highest BCUT2D eigenvalue weighted by molar-refractivity contribution is 9.10. The Morgan fingerprint density at radius 1 is 1.32 bits per heavy atom. The molecule has 1 aromatic carbocycles. The maximum absolute atomic E-state index is 12.4. The average Bonchev–Trinajstić information content (AvgIpc) is 2.29. The highest BCUT2D eigenvalue weighted by Crippen LogP contribution is 2.28. The quantitative estimate of drug-likeness (QED) is 0.845. The standard InChI is InChI=1S/C11H14BrClN2O2S.ClH/c12-8-1-2-11(10(13)7-8)18(16,17)15-5-3-9(14)4-6-15;/h1-2,7,9H,3-6,14H2;1H. The molecule has 0 amide bonds. The van der Waals surface area contributed by atoms with Crippen molar-refractivity contribution in [3.05, 3.63) is 27.7 Å². The highest BCUT2D eigenvalue weighted by Gasteiger charge is 2.29. The number of halogens is 3. The second-order valence-electron chi connectivity index (χ2n) is 4.32. The summed E-state index contributed by atoms with van der Waals surface area (Å²) in [6, 6.07) is 4.88. The van der Waals surface area contributed by atoms with E-state index in [1.165, 1.54) is 10.4 Å². The number of hydrogen-bond acceptors (Lipinski definition) is 3. The number of nitrogens with zero attached hydrogens (tertiary/aromatic N) is 1. The van der Waals surface area contributed by atoms with Crippen molar-refractivity contribution in [1.82, 2.24) is 4.31 Å². The zero-order valence-corrected chi connectivity index (χ0v) is 14.0. The summed E-state index contributed by atoms with van der Waals surface area (Å²) in [6.07, 6.45) is 1.38. The van der Waals surface area contributed by atoms with Crippen LogP contribution in [-0.2, 0) is 10.0 Å². The average molecular weight is 390 g/mol. The lowest BCUT2D eigenvalue weighted by Gasteiger charge is -2.29. The summed E-state index contributed by atoms with van der Waals surface area (Å²) in [6.45, 7) is 0.909. The van der Waals surface area contributed by atoms with Gasteiger partial charge in [0.15, 0.2) is 0 Å². The SMILES string of the molecule is Cl.NC1CCN(S(=O)(=O)c2ccc(Br)cc2Cl)CC1. The summed E-state index contributed by atoms with van der Waals surface area (Å²) in [4.78, 5) is 0.155. The molecule has 2 N–H and O–H groups in total. The fourth-order valence-electron chi connectivity index (χ4n) is 1.94. The van der Waals surface area contributed by atoms with Gasteiger partial charge >= 0.3 is 0 Å². The number of hydrogen-bond donors (Lipinski definition) is 1. The molecule has 8 heteroatoms. The Bertz CT molecular complexity index is 546. The second-order valence-corrected chi connectivity index (χ2v) is 7.55. The van der Waals surface area contributed by atoms with Gasteiger partial charge in [0.25, 0.3) is 0 Å². The molecule has 0 spiro atoms. The van der Waals surface area contributed by atoms with Crippen LogP contribution in [0.25, 0.3) is 0 Å². The normalized spacial score (nSPS) is 18.1. The van der Waals surface area contributed by atoms with Gasteiger partial charge in [-0.1, -0.05) is 27.5 Å². The van der Waals surface area contributed by atoms with E-state index < -0.39 is 10.0 Å². The molecule has 1 saturated heterocycles. The maximum Gasteiger partial charge on any atom is 0.244 e. The molecule has 0 atom stereocenters. The minimum atomic E-state index is -3.51. The molecule has 0 radical (unpaired) electrons. The third kappa shape index (κ3) is 3.83. The smallest absolute Gasteiger partial charge is 0.244 e. The third-order valence-electron chi connectivity index (χ3n) is 3.01. The maximum atomic E-state index is 12.4. The van der Waals surface area contributed by atoms with Crippen LogP contribution in [0.1, 0.15) is 12.8 Å². The first kappa shape index (κ1) is 17.2. The van der Waals surface area contributed by atoms with Gasteiger partial charge in [-0.05, 0) is 31.0 Å². The summed E-state index contributed by atoms with van der Waals surface area (Å²) in [5.74, 6) is 0. The predicted octanol–water partition coefficient (Wildman–Crippen LogP) is 2.64. The molecule has 1 aliphatic heterocycles. The molecule has 4 nitrogen and oxygen atoms in total. The number of benzene rings is 1. The van der Waals surface area contributed by atoms with E-state index in [0.29, 0.717) is 25.9 Å². The molecule has 0 aliphatic carbocycles. The number of nitrogens with two attached hydrogens (primary N) is 1. The predicted molar refractivity (Wildman–Crippen MR) is 82.4 cm³/mol. The molecule has 19 heavy (non-hydrogen) atoms. The first-order valence-corrected chi connectivity index (χ1v) is 8.23. The van der Waals surface area contributed by atoms with Gasteiger partial charge in [0, 0.05) is 23.6 Å². The van der Waals surface area contributed by atoms with Crippen molar-refractivity contribution in [3.8, 4) is 0 Å². The Labute approximate surface area is 132 Å². The van der Waals surface area contributed by atoms with Crippen LogP contribution in [0, 0.1) is 0 Å². The van der Waals surface area contributed by atoms with Crippen LogP contribution in [0.4, 0.5) is 0 Å². The number of piperidine rings is 1. The third-order valence-corrected chi connectivity index (χ3v) is 5.89. The molecule has 1 heterocycles. The van der Waals surface area contributed by atoms with Crippen molar-refractivity contribution in [3.63, 3.8) is 0 Å². The van der Waals surface area contributed by atoms with E-state index >= 15 is 0 Å². The lowest BCUT2D eigenvalue weighted by molar-refractivity contribution is 0.320. The Balaban J connectivity index is 0.00000180. The molecule has 0 saturated carbocycles. The molecule has 2 rings (SSSR count). The fourth-order valence-corrected chi connectivity index (χ4v) is 4.42. The Kier molecular flexibility index (Phi) is 6.10. The van der Waals surface area contributed by atoms with Gasteiger partial charge in [0.1, 0.15) is 4.90 Å². The molecule has 0 unspecified atom stereocenters. The summed E-state index contributed by atoms with van der Waals surface area (Å²) in [5, 5.41) is 0.235. The van der Waals surface area contributed by atoms with Crippen LogP contribution in [0.3, 0.4) is 0 Å². The fraction of sp³-hybridized carbons (Fsp3) is 0.455. The van der Waals surface area contributed by atoms with Gasteiger partial charge in [-0.15, -0.1) is 12.4 Å². The van der Waals surface area contributed by atoms with Gasteiger partial charge < -0.3 is 5.73 Å². The lowest BCUT2D eigenvalue weighted by atomic mass is 10.1. The highest BCUT2D eigenvalue weighted by atomic mass is 79.9. The summed E-state index contributed by atoms with van der Waals surface area (Å²) >= 11 is 9.26. The van der Waals surface area contributed by atoms with Crippen LogP contribution in [0.2, 0.25) is 5.02 Å². The van der Waals surface area contributed by atoms with Gasteiger partial charge in [-0.3, -0.25) is 0 Å². The molecule has 1 aromatic rings. The van der Waals surface area contributed by atoms with Crippen molar-refractivity contribution in [1.29, 1.82) is 0 Å². The minimum Gasteiger partial charge on any atom is -0.328 e. The molecular formula is C11H15BrCl2N2O2S. The Morgan fingerprint density at radius 2 is 1.89 bits per heavy atom. The molecule has 0 aromatic heterocycles. The van der Waals surface area contributed by atoms with Crippen molar-refractivity contribution in [2.24, 2.45) is 5.73 Å². The molecule has 108 valence electrons. The molecule has 1 fully saturated rings. The van der Waals surface area contributed by atoms with E-state index in [1.807, 2.05) is 0 Å². The van der Waals surface area contributed by atoms with Gasteiger partial charge in [-0.25, -0.2) is 8.42 Å². The van der Waals surface area contributed by atoms with Crippen molar-refractivity contribution in [2.75, 3.05) is 13.1 Å². The van der Waals surface area contributed by atoms with Crippen LogP contribution >= 0.6 is 39.9 Å². The zero-order chi connectivity index (χ0) is 13.3. The first-order valence-electron chi connectivity index (χ1n) is 5.62. The van der Waals surface area contributed by atoms with Gasteiger partial charge in [-0.2, -0.15) is 4.31 Å². The van der Waals surface area contributed by atoms with E-state index in [2.05, 4.69) is 15.9 Å². The molecular weight excluding hydrogens is 375 g/mol. The Hall–Kier alpha value is 0.150. The van der Waals surface area contributed by atoms with E-state index in [1.54, 1.807) is 12.1 Å². The van der Waals surface area contributed by atoms with Crippen LogP contribution in [-0.4, -0.2) is 31.9 Å². The Morgan fingerprint density at radius 3 is 2.42 bits per heavy atom. The van der Waals surface area contributed by atoms with Gasteiger partial charge in [0.2, 0.25) is 10.0 Å². The summed E-state index contributed by atoms with van der Waals surface area (Å²) in [7, 11) is -3.51. The van der Waals surface area contributed by atoms with Gasteiger partial charge in [0.05, 0.1) is 5.02 Å². The second kappa shape index (κ2) is 6.74. The summed E-state index contributed by atoms with van der Waals surface area (Å²) < 4.78 is 27.0. The monoisotopic (exact) mass is 388 g/mol. The largest absolute Gasteiger partial charge is 0.328 e. The van der Waals surface area contributed by atoms with E-state index in [0.717, 1.165) is 4.47 Å². The van der Waals surface area contributed by atoms with Crippen molar-refractivity contribution < 1.29 is 8.42 Å². The zero-order valence-electron chi connectivity index (χ0n) is 10.1. The lowest BCUT2D eigenvalue weighted by Crippen LogP contribution is -2.42. The van der Waals surface area contributed by atoms with E-state index in [4.69, 9.17) is 17.3 Å².